The number of nitrogens with one attached hydrogen (secondary N) is 1. The molecular formula is C10H17N5O4S. The van der Waals surface area contributed by atoms with Gasteiger partial charge in [0.05, 0.1) is 24.6 Å². The van der Waals surface area contributed by atoms with E-state index in [1.54, 1.807) is 0 Å². The molecule has 1 saturated heterocycles. The maximum Gasteiger partial charge on any atom is 0.246 e. The lowest BCUT2D eigenvalue weighted by atomic mass is 10.3. The molecule has 10 heteroatoms. The lowest BCUT2D eigenvalue weighted by Gasteiger charge is -2.15. The molecular weight excluding hydrogens is 286 g/mol. The Labute approximate surface area is 117 Å². The third kappa shape index (κ3) is 2.74. The molecule has 0 radical (unpaired) electrons. The molecule has 112 valence electrons. The van der Waals surface area contributed by atoms with Gasteiger partial charge in [0.2, 0.25) is 16.0 Å². The van der Waals surface area contributed by atoms with Crippen LogP contribution >= 0.6 is 0 Å². The first-order valence-electron chi connectivity index (χ1n) is 5.87. The van der Waals surface area contributed by atoms with Crippen molar-refractivity contribution in [3.8, 4) is 0 Å². The van der Waals surface area contributed by atoms with Gasteiger partial charge in [-0.05, 0) is 0 Å². The number of aromatic nitrogens is 2. The Morgan fingerprint density at radius 2 is 1.75 bits per heavy atom. The number of anilines is 1. The van der Waals surface area contributed by atoms with Crippen molar-refractivity contribution in [3.63, 3.8) is 0 Å². The number of ether oxygens (including phenoxy) is 2. The lowest BCUT2D eigenvalue weighted by Crippen LogP contribution is -2.30. The first-order valence-corrected chi connectivity index (χ1v) is 7.31. The zero-order chi connectivity index (χ0) is 14.8. The minimum absolute atomic E-state index is 0.00288. The monoisotopic (exact) mass is 303 g/mol. The van der Waals surface area contributed by atoms with Crippen molar-refractivity contribution in [2.75, 3.05) is 32.7 Å². The van der Waals surface area contributed by atoms with Crippen molar-refractivity contribution in [2.45, 2.75) is 17.1 Å². The molecule has 2 atom stereocenters. The van der Waals surface area contributed by atoms with Crippen LogP contribution in [0.15, 0.2) is 17.3 Å². The fraction of sp³-hybridized carbons (Fsp3) is 0.600. The summed E-state index contributed by atoms with van der Waals surface area (Å²) in [6.45, 7) is 0.461. The summed E-state index contributed by atoms with van der Waals surface area (Å²) in [5, 5.41) is 0. The van der Waals surface area contributed by atoms with Crippen LogP contribution in [0.1, 0.15) is 0 Å². The molecule has 3 N–H and O–H groups in total. The number of hydrazine groups is 1. The molecule has 2 rings (SSSR count). The summed E-state index contributed by atoms with van der Waals surface area (Å²) in [7, 11) is -0.619. The van der Waals surface area contributed by atoms with Crippen LogP contribution in [0, 0.1) is 0 Å². The summed E-state index contributed by atoms with van der Waals surface area (Å²) < 4.78 is 36.6. The zero-order valence-electron chi connectivity index (χ0n) is 11.2. The number of sulfonamides is 1. The highest BCUT2D eigenvalue weighted by atomic mass is 32.2. The van der Waals surface area contributed by atoms with Gasteiger partial charge in [0.25, 0.3) is 0 Å². The van der Waals surface area contributed by atoms with Crippen LogP contribution in [0.5, 0.6) is 0 Å². The van der Waals surface area contributed by atoms with Crippen molar-refractivity contribution in [2.24, 2.45) is 5.84 Å². The van der Waals surface area contributed by atoms with Crippen molar-refractivity contribution in [1.29, 1.82) is 0 Å². The zero-order valence-corrected chi connectivity index (χ0v) is 12.0. The van der Waals surface area contributed by atoms with Crippen molar-refractivity contribution in [3.05, 3.63) is 12.4 Å². The van der Waals surface area contributed by atoms with Crippen LogP contribution < -0.4 is 11.3 Å². The quantitative estimate of drug-likeness (QED) is 0.514. The maximum atomic E-state index is 12.4. The van der Waals surface area contributed by atoms with Gasteiger partial charge in [-0.1, -0.05) is 0 Å². The van der Waals surface area contributed by atoms with Gasteiger partial charge in [0, 0.05) is 27.3 Å². The van der Waals surface area contributed by atoms with E-state index in [1.807, 2.05) is 0 Å². The molecule has 2 heterocycles. The summed E-state index contributed by atoms with van der Waals surface area (Å²) in [6.07, 6.45) is 1.83. The van der Waals surface area contributed by atoms with Gasteiger partial charge in [-0.3, -0.25) is 5.43 Å². The Morgan fingerprint density at radius 3 is 2.15 bits per heavy atom. The highest BCUT2D eigenvalue weighted by Gasteiger charge is 2.40. The average Bonchev–Trinajstić information content (AvgIpc) is 2.91. The largest absolute Gasteiger partial charge is 0.377 e. The Hall–Kier alpha value is -1.33. The van der Waals surface area contributed by atoms with E-state index in [1.165, 1.54) is 30.9 Å². The van der Waals surface area contributed by atoms with E-state index < -0.39 is 10.0 Å². The molecule has 0 aromatic carbocycles. The summed E-state index contributed by atoms with van der Waals surface area (Å²) in [5.74, 6) is 5.28. The lowest BCUT2D eigenvalue weighted by molar-refractivity contribution is -0.00461. The maximum absolute atomic E-state index is 12.4. The summed E-state index contributed by atoms with van der Waals surface area (Å²) in [5.41, 5.74) is 2.24. The van der Waals surface area contributed by atoms with Crippen LogP contribution in [-0.2, 0) is 19.5 Å². The van der Waals surface area contributed by atoms with E-state index in [9.17, 15) is 8.42 Å². The van der Waals surface area contributed by atoms with Crippen molar-refractivity contribution >= 4 is 16.0 Å². The molecule has 20 heavy (non-hydrogen) atoms. The second-order valence-electron chi connectivity index (χ2n) is 4.26. The Balaban J connectivity index is 2.22. The van der Waals surface area contributed by atoms with E-state index in [0.29, 0.717) is 0 Å². The topological polar surface area (TPSA) is 120 Å². The standard InChI is InChI=1S/C10H17N5O4S/c1-18-8-5-15(6-9(8)19-2)20(16,17)7-3-12-10(14-11)13-4-7/h3-4,8-9H,5-6,11H2,1-2H3,(H,12,13,14). The molecule has 2 unspecified atom stereocenters. The van der Waals surface area contributed by atoms with Crippen LogP contribution in [0.3, 0.4) is 0 Å². The van der Waals surface area contributed by atoms with Gasteiger partial charge in [0.1, 0.15) is 4.90 Å². The molecule has 0 aliphatic carbocycles. The third-order valence-electron chi connectivity index (χ3n) is 3.18. The highest BCUT2D eigenvalue weighted by Crippen LogP contribution is 2.23. The average molecular weight is 303 g/mol. The van der Waals surface area contributed by atoms with Gasteiger partial charge in [-0.25, -0.2) is 24.2 Å². The van der Waals surface area contributed by atoms with E-state index in [-0.39, 0.29) is 36.1 Å². The minimum Gasteiger partial charge on any atom is -0.377 e. The molecule has 1 aliphatic heterocycles. The summed E-state index contributed by atoms with van der Waals surface area (Å²) in [6, 6.07) is 0. The molecule has 0 amide bonds. The van der Waals surface area contributed by atoms with Crippen LogP contribution in [0.2, 0.25) is 0 Å². The number of hydrogen-bond acceptors (Lipinski definition) is 8. The Morgan fingerprint density at radius 1 is 1.25 bits per heavy atom. The number of hydrogen-bond donors (Lipinski definition) is 2. The fourth-order valence-corrected chi connectivity index (χ4v) is 3.39. The minimum atomic E-state index is -3.67. The smallest absolute Gasteiger partial charge is 0.246 e. The number of methoxy groups -OCH3 is 2. The molecule has 1 aromatic rings. The Bertz CT molecular complexity index is 537. The second-order valence-corrected chi connectivity index (χ2v) is 6.19. The predicted octanol–water partition coefficient (Wildman–Crippen LogP) is -1.20. The van der Waals surface area contributed by atoms with Crippen LogP contribution in [0.25, 0.3) is 0 Å². The van der Waals surface area contributed by atoms with Gasteiger partial charge in [-0.2, -0.15) is 4.31 Å². The van der Waals surface area contributed by atoms with Gasteiger partial charge < -0.3 is 9.47 Å². The first-order chi connectivity index (χ1) is 9.52. The van der Waals surface area contributed by atoms with Gasteiger partial charge in [-0.15, -0.1) is 0 Å². The molecule has 0 bridgehead atoms. The van der Waals surface area contributed by atoms with Gasteiger partial charge in [0.15, 0.2) is 0 Å². The highest BCUT2D eigenvalue weighted by molar-refractivity contribution is 7.89. The molecule has 0 saturated carbocycles. The van der Waals surface area contributed by atoms with Crippen LogP contribution in [0.4, 0.5) is 5.95 Å². The second kappa shape index (κ2) is 5.97. The molecule has 1 aromatic heterocycles. The fourth-order valence-electron chi connectivity index (χ4n) is 2.03. The van der Waals surface area contributed by atoms with E-state index >= 15 is 0 Å². The molecule has 1 fully saturated rings. The summed E-state index contributed by atoms with van der Waals surface area (Å²) in [4.78, 5) is 7.60. The summed E-state index contributed by atoms with van der Waals surface area (Å²) >= 11 is 0. The number of nitrogen functional groups attached to an aromatic ring is 1. The van der Waals surface area contributed by atoms with Crippen molar-refractivity contribution < 1.29 is 17.9 Å². The third-order valence-corrected chi connectivity index (χ3v) is 4.97. The number of rotatable bonds is 5. The molecule has 1 aliphatic rings. The first kappa shape index (κ1) is 15.1. The number of nitrogens with zero attached hydrogens (tertiary/aromatic N) is 3. The van der Waals surface area contributed by atoms with Gasteiger partial charge >= 0.3 is 0 Å². The predicted molar refractivity (Wildman–Crippen MR) is 70.2 cm³/mol. The molecule has 0 spiro atoms. The van der Waals surface area contributed by atoms with E-state index in [4.69, 9.17) is 15.3 Å². The SMILES string of the molecule is COC1CN(S(=O)(=O)c2cnc(NN)nc2)CC1OC. The van der Waals surface area contributed by atoms with Crippen LogP contribution in [-0.4, -0.2) is 62.2 Å². The van der Waals surface area contributed by atoms with Crippen molar-refractivity contribution in [1.82, 2.24) is 14.3 Å². The molecule has 9 nitrogen and oxygen atoms in total. The number of nitrogens with two attached hydrogens (primary N) is 1. The normalized spacial score (nSPS) is 23.9. The van der Waals surface area contributed by atoms with E-state index in [2.05, 4.69) is 15.4 Å². The Kier molecular flexibility index (Phi) is 4.50. The van der Waals surface area contributed by atoms with E-state index in [0.717, 1.165) is 0 Å².